The molecule has 16 heavy (non-hydrogen) atoms. The quantitative estimate of drug-likeness (QED) is 0.833. The zero-order chi connectivity index (χ0) is 12.1. The van der Waals surface area contributed by atoms with Crippen molar-refractivity contribution in [3.8, 4) is 0 Å². The van der Waals surface area contributed by atoms with E-state index < -0.39 is 0 Å². The Morgan fingerprint density at radius 1 is 1.44 bits per heavy atom. The van der Waals surface area contributed by atoms with Crippen LogP contribution < -0.4 is 5.32 Å². The van der Waals surface area contributed by atoms with Crippen molar-refractivity contribution in [2.45, 2.75) is 26.7 Å². The lowest BCUT2D eigenvalue weighted by Gasteiger charge is -2.16. The summed E-state index contributed by atoms with van der Waals surface area (Å²) in [5.41, 5.74) is 2.09. The molecule has 2 amide bonds. The van der Waals surface area contributed by atoms with Crippen molar-refractivity contribution in [2.75, 3.05) is 18.9 Å². The molecule has 0 aliphatic heterocycles. The van der Waals surface area contributed by atoms with E-state index in [9.17, 15) is 4.79 Å². The number of nitrogens with one attached hydrogen (secondary N) is 1. The van der Waals surface area contributed by atoms with Crippen molar-refractivity contribution in [3.05, 3.63) is 29.8 Å². The second-order valence-corrected chi connectivity index (χ2v) is 4.22. The SMILES string of the molecule is CCN(C)C(=O)Nc1cccc(C(C)C)c1. The summed E-state index contributed by atoms with van der Waals surface area (Å²) in [4.78, 5) is 13.3. The van der Waals surface area contributed by atoms with E-state index in [2.05, 4.69) is 25.2 Å². The van der Waals surface area contributed by atoms with Crippen molar-refractivity contribution in [2.24, 2.45) is 0 Å². The van der Waals surface area contributed by atoms with Crippen molar-refractivity contribution in [3.63, 3.8) is 0 Å². The number of urea groups is 1. The summed E-state index contributed by atoms with van der Waals surface area (Å²) < 4.78 is 0. The molecule has 0 saturated carbocycles. The van der Waals surface area contributed by atoms with E-state index in [4.69, 9.17) is 0 Å². The van der Waals surface area contributed by atoms with E-state index in [1.165, 1.54) is 5.56 Å². The van der Waals surface area contributed by atoms with Gasteiger partial charge in [-0.1, -0.05) is 26.0 Å². The van der Waals surface area contributed by atoms with Gasteiger partial charge in [-0.15, -0.1) is 0 Å². The van der Waals surface area contributed by atoms with Crippen LogP contribution in [-0.4, -0.2) is 24.5 Å². The van der Waals surface area contributed by atoms with Gasteiger partial charge >= 0.3 is 6.03 Å². The highest BCUT2D eigenvalue weighted by Gasteiger charge is 2.07. The van der Waals surface area contributed by atoms with Gasteiger partial charge in [0.25, 0.3) is 0 Å². The highest BCUT2D eigenvalue weighted by Crippen LogP contribution is 2.18. The van der Waals surface area contributed by atoms with Crippen LogP contribution in [-0.2, 0) is 0 Å². The molecule has 3 nitrogen and oxygen atoms in total. The van der Waals surface area contributed by atoms with Gasteiger partial charge in [0.15, 0.2) is 0 Å². The summed E-state index contributed by atoms with van der Waals surface area (Å²) in [5, 5.41) is 2.87. The Kier molecular flexibility index (Phi) is 4.35. The second-order valence-electron chi connectivity index (χ2n) is 4.22. The highest BCUT2D eigenvalue weighted by atomic mass is 16.2. The van der Waals surface area contributed by atoms with Gasteiger partial charge in [0.05, 0.1) is 0 Å². The second kappa shape index (κ2) is 5.54. The van der Waals surface area contributed by atoms with E-state index in [-0.39, 0.29) is 6.03 Å². The van der Waals surface area contributed by atoms with Crippen LogP contribution in [0.4, 0.5) is 10.5 Å². The molecule has 0 spiro atoms. The summed E-state index contributed by atoms with van der Waals surface area (Å²) >= 11 is 0. The van der Waals surface area contributed by atoms with E-state index >= 15 is 0 Å². The molecule has 3 heteroatoms. The number of nitrogens with zero attached hydrogens (tertiary/aromatic N) is 1. The Hall–Kier alpha value is -1.51. The largest absolute Gasteiger partial charge is 0.328 e. The molecule has 0 unspecified atom stereocenters. The van der Waals surface area contributed by atoms with Crippen molar-refractivity contribution in [1.29, 1.82) is 0 Å². The van der Waals surface area contributed by atoms with Gasteiger partial charge in [-0.2, -0.15) is 0 Å². The Morgan fingerprint density at radius 2 is 2.12 bits per heavy atom. The number of amides is 2. The van der Waals surface area contributed by atoms with Crippen molar-refractivity contribution in [1.82, 2.24) is 4.90 Å². The zero-order valence-corrected chi connectivity index (χ0v) is 10.4. The lowest BCUT2D eigenvalue weighted by atomic mass is 10.0. The highest BCUT2D eigenvalue weighted by molar-refractivity contribution is 5.89. The topological polar surface area (TPSA) is 32.3 Å². The normalized spacial score (nSPS) is 10.3. The molecule has 0 aromatic heterocycles. The fraction of sp³-hybridized carbons (Fsp3) is 0.462. The maximum absolute atomic E-state index is 11.6. The van der Waals surface area contributed by atoms with Crippen LogP contribution in [0.15, 0.2) is 24.3 Å². The summed E-state index contributed by atoms with van der Waals surface area (Å²) in [7, 11) is 1.78. The first-order chi connectivity index (χ1) is 7.54. The van der Waals surface area contributed by atoms with Gasteiger partial charge in [0.1, 0.15) is 0 Å². The molecule has 1 N–H and O–H groups in total. The number of hydrogen-bond acceptors (Lipinski definition) is 1. The fourth-order valence-electron chi connectivity index (χ4n) is 1.34. The van der Waals surface area contributed by atoms with Gasteiger partial charge in [-0.25, -0.2) is 4.79 Å². The van der Waals surface area contributed by atoms with Crippen LogP contribution in [0.3, 0.4) is 0 Å². The number of carbonyl (C=O) groups is 1. The van der Waals surface area contributed by atoms with Crippen molar-refractivity contribution >= 4 is 11.7 Å². The van der Waals surface area contributed by atoms with Crippen molar-refractivity contribution < 1.29 is 4.79 Å². The van der Waals surface area contributed by atoms with E-state index in [0.717, 1.165) is 5.69 Å². The minimum absolute atomic E-state index is 0.0663. The third kappa shape index (κ3) is 3.26. The van der Waals surface area contributed by atoms with E-state index in [0.29, 0.717) is 12.5 Å². The summed E-state index contributed by atoms with van der Waals surface area (Å²) in [6.45, 7) is 6.93. The first-order valence-corrected chi connectivity index (χ1v) is 5.66. The van der Waals surface area contributed by atoms with Crippen LogP contribution in [0.2, 0.25) is 0 Å². The predicted octanol–water partition coefficient (Wildman–Crippen LogP) is 3.29. The molecular weight excluding hydrogens is 200 g/mol. The van der Waals surface area contributed by atoms with E-state index in [1.807, 2.05) is 25.1 Å². The molecule has 1 rings (SSSR count). The molecule has 0 heterocycles. The Bertz CT molecular complexity index is 361. The zero-order valence-electron chi connectivity index (χ0n) is 10.4. The molecule has 88 valence electrons. The molecule has 0 saturated heterocycles. The lowest BCUT2D eigenvalue weighted by Crippen LogP contribution is -2.30. The average Bonchev–Trinajstić information content (AvgIpc) is 2.28. The molecule has 0 aliphatic rings. The molecular formula is C13H20N2O. The summed E-state index contributed by atoms with van der Waals surface area (Å²) in [6.07, 6.45) is 0. The first kappa shape index (κ1) is 12.6. The molecule has 1 aromatic rings. The number of rotatable bonds is 3. The smallest absolute Gasteiger partial charge is 0.321 e. The molecule has 0 aliphatic carbocycles. The lowest BCUT2D eigenvalue weighted by molar-refractivity contribution is 0.224. The van der Waals surface area contributed by atoms with Crippen LogP contribution in [0, 0.1) is 0 Å². The van der Waals surface area contributed by atoms with Crippen LogP contribution >= 0.6 is 0 Å². The number of anilines is 1. The monoisotopic (exact) mass is 220 g/mol. The summed E-state index contributed by atoms with van der Waals surface area (Å²) in [6, 6.07) is 7.91. The minimum atomic E-state index is -0.0663. The fourth-order valence-corrected chi connectivity index (χ4v) is 1.34. The number of hydrogen-bond donors (Lipinski definition) is 1. The third-order valence-electron chi connectivity index (χ3n) is 2.63. The predicted molar refractivity (Wildman–Crippen MR) is 67.9 cm³/mol. The van der Waals surface area contributed by atoms with Gasteiger partial charge in [0.2, 0.25) is 0 Å². The van der Waals surface area contributed by atoms with Gasteiger partial charge in [-0.3, -0.25) is 0 Å². The van der Waals surface area contributed by atoms with Crippen LogP contribution in [0.25, 0.3) is 0 Å². The molecule has 0 fully saturated rings. The third-order valence-corrected chi connectivity index (χ3v) is 2.63. The number of benzene rings is 1. The van der Waals surface area contributed by atoms with Crippen LogP contribution in [0.5, 0.6) is 0 Å². The molecule has 1 aromatic carbocycles. The Labute approximate surface area is 97.5 Å². The van der Waals surface area contributed by atoms with Gasteiger partial charge < -0.3 is 10.2 Å². The number of carbonyl (C=O) groups excluding carboxylic acids is 1. The molecule has 0 radical (unpaired) electrons. The average molecular weight is 220 g/mol. The van der Waals surface area contributed by atoms with Gasteiger partial charge in [0, 0.05) is 19.3 Å². The van der Waals surface area contributed by atoms with Crippen LogP contribution in [0.1, 0.15) is 32.3 Å². The summed E-state index contributed by atoms with van der Waals surface area (Å²) in [5.74, 6) is 0.473. The molecule has 0 bridgehead atoms. The van der Waals surface area contributed by atoms with Gasteiger partial charge in [-0.05, 0) is 30.5 Å². The van der Waals surface area contributed by atoms with E-state index in [1.54, 1.807) is 11.9 Å². The first-order valence-electron chi connectivity index (χ1n) is 5.66. The Morgan fingerprint density at radius 3 is 2.69 bits per heavy atom. The minimum Gasteiger partial charge on any atom is -0.328 e. The standard InChI is InChI=1S/C13H20N2O/c1-5-15(4)13(16)14-12-8-6-7-11(9-12)10(2)3/h6-10H,5H2,1-4H3,(H,14,16). The Balaban J connectivity index is 2.74. The maximum Gasteiger partial charge on any atom is 0.321 e. The maximum atomic E-state index is 11.6. The molecule has 0 atom stereocenters.